The summed E-state index contributed by atoms with van der Waals surface area (Å²) in [6, 6.07) is 5.77. The first-order chi connectivity index (χ1) is 13.8. The standard InChI is InChI=1S/C21H31N5O4/c1-14-8-15(10-16(9-14)18-24-22-13-23-25-18)11-26(19(28)30-21(5,6)7)12-17(27)29-20(2,3)4/h8-10,13H,11-12H2,1-7H3,(H,22,23)(H,24,25). The van der Waals surface area contributed by atoms with E-state index >= 15 is 0 Å². The van der Waals surface area contributed by atoms with Crippen molar-refractivity contribution in [2.24, 2.45) is 10.2 Å². The Morgan fingerprint density at radius 1 is 1.03 bits per heavy atom. The number of rotatable bonds is 5. The summed E-state index contributed by atoms with van der Waals surface area (Å²) in [5.74, 6) is 0.0523. The van der Waals surface area contributed by atoms with E-state index in [1.54, 1.807) is 41.5 Å². The van der Waals surface area contributed by atoms with Crippen molar-refractivity contribution in [1.29, 1.82) is 0 Å². The third-order valence-corrected chi connectivity index (χ3v) is 3.64. The number of aryl methyl sites for hydroxylation is 1. The Morgan fingerprint density at radius 3 is 2.27 bits per heavy atom. The van der Waals surface area contributed by atoms with E-state index in [1.165, 1.54) is 11.2 Å². The molecule has 0 spiro atoms. The lowest BCUT2D eigenvalue weighted by Gasteiger charge is -2.28. The maximum Gasteiger partial charge on any atom is 0.411 e. The molecule has 0 saturated heterocycles. The molecule has 9 nitrogen and oxygen atoms in total. The molecule has 0 fully saturated rings. The van der Waals surface area contributed by atoms with Gasteiger partial charge in [0.15, 0.2) is 5.84 Å². The second-order valence-corrected chi connectivity index (χ2v) is 9.09. The lowest BCUT2D eigenvalue weighted by Crippen LogP contribution is -2.41. The molecule has 1 aliphatic heterocycles. The number of esters is 1. The Morgan fingerprint density at radius 2 is 1.70 bits per heavy atom. The fourth-order valence-corrected chi connectivity index (χ4v) is 2.72. The number of hydrazone groups is 2. The topological polar surface area (TPSA) is 105 Å². The van der Waals surface area contributed by atoms with Gasteiger partial charge in [-0.15, -0.1) is 0 Å². The van der Waals surface area contributed by atoms with Gasteiger partial charge in [0.25, 0.3) is 0 Å². The summed E-state index contributed by atoms with van der Waals surface area (Å²) in [7, 11) is 0. The Labute approximate surface area is 177 Å². The SMILES string of the molecule is Cc1cc(CN(CC(=O)OC(C)(C)C)C(=O)OC(C)(C)C)cc(C2=NNC=NN2)c1. The predicted octanol–water partition coefficient (Wildman–Crippen LogP) is 2.87. The molecule has 1 amide bonds. The van der Waals surface area contributed by atoms with E-state index in [0.29, 0.717) is 5.84 Å². The third-order valence-electron chi connectivity index (χ3n) is 3.64. The summed E-state index contributed by atoms with van der Waals surface area (Å²) in [5, 5.41) is 8.09. The number of carbonyl (C=O) groups excluding carboxylic acids is 2. The van der Waals surface area contributed by atoms with Gasteiger partial charge in [-0.3, -0.25) is 20.5 Å². The molecule has 9 heteroatoms. The summed E-state index contributed by atoms with van der Waals surface area (Å²) < 4.78 is 10.9. The van der Waals surface area contributed by atoms with Crippen molar-refractivity contribution < 1.29 is 19.1 Å². The summed E-state index contributed by atoms with van der Waals surface area (Å²) >= 11 is 0. The number of amides is 1. The van der Waals surface area contributed by atoms with Gasteiger partial charge in [0.2, 0.25) is 0 Å². The predicted molar refractivity (Wildman–Crippen MR) is 115 cm³/mol. The summed E-state index contributed by atoms with van der Waals surface area (Å²) in [6.07, 6.45) is 0.849. The van der Waals surface area contributed by atoms with Crippen molar-refractivity contribution in [3.8, 4) is 0 Å². The number of benzene rings is 1. The van der Waals surface area contributed by atoms with E-state index < -0.39 is 23.3 Å². The Kier molecular flexibility index (Phi) is 7.07. The van der Waals surface area contributed by atoms with Crippen molar-refractivity contribution >= 4 is 24.2 Å². The van der Waals surface area contributed by atoms with Crippen molar-refractivity contribution in [3.63, 3.8) is 0 Å². The van der Waals surface area contributed by atoms with Gasteiger partial charge in [-0.05, 0) is 66.2 Å². The van der Waals surface area contributed by atoms with E-state index in [4.69, 9.17) is 9.47 Å². The van der Waals surface area contributed by atoms with Crippen LogP contribution in [-0.2, 0) is 20.8 Å². The van der Waals surface area contributed by atoms with E-state index in [0.717, 1.165) is 16.7 Å². The maximum absolute atomic E-state index is 12.8. The summed E-state index contributed by atoms with van der Waals surface area (Å²) in [4.78, 5) is 26.5. The van der Waals surface area contributed by atoms with Gasteiger partial charge in [-0.1, -0.05) is 11.6 Å². The van der Waals surface area contributed by atoms with E-state index in [-0.39, 0.29) is 13.1 Å². The van der Waals surface area contributed by atoms with Crippen molar-refractivity contribution in [3.05, 3.63) is 34.9 Å². The lowest BCUT2D eigenvalue weighted by atomic mass is 10.1. The largest absolute Gasteiger partial charge is 0.459 e. The summed E-state index contributed by atoms with van der Waals surface area (Å²) in [5.41, 5.74) is 6.78. The second-order valence-electron chi connectivity index (χ2n) is 9.09. The first-order valence-electron chi connectivity index (χ1n) is 9.74. The molecule has 0 unspecified atom stereocenters. The number of hydrogen-bond acceptors (Lipinski definition) is 8. The van der Waals surface area contributed by atoms with Gasteiger partial charge in [0, 0.05) is 12.1 Å². The van der Waals surface area contributed by atoms with Crippen molar-refractivity contribution in [2.45, 2.75) is 66.2 Å². The highest BCUT2D eigenvalue weighted by molar-refractivity contribution is 6.00. The molecular formula is C21H31N5O4. The normalized spacial score (nSPS) is 13.6. The maximum atomic E-state index is 12.8. The zero-order chi connectivity index (χ0) is 22.5. The van der Waals surface area contributed by atoms with Gasteiger partial charge in [0.05, 0.1) is 0 Å². The Balaban J connectivity index is 2.26. The monoisotopic (exact) mass is 417 g/mol. The van der Waals surface area contributed by atoms with Crippen LogP contribution in [0.3, 0.4) is 0 Å². The van der Waals surface area contributed by atoms with Crippen molar-refractivity contribution in [1.82, 2.24) is 15.8 Å². The molecule has 0 aromatic heterocycles. The first-order valence-corrected chi connectivity index (χ1v) is 9.74. The van der Waals surface area contributed by atoms with Gasteiger partial charge in [-0.25, -0.2) is 4.79 Å². The number of nitrogens with one attached hydrogen (secondary N) is 2. The van der Waals surface area contributed by atoms with Crippen LogP contribution in [0.1, 0.15) is 58.2 Å². The third kappa shape index (κ3) is 7.73. The molecule has 2 rings (SSSR count). The first kappa shape index (κ1) is 23.2. The molecule has 0 radical (unpaired) electrons. The fraction of sp³-hybridized carbons (Fsp3) is 0.524. The number of ether oxygens (including phenoxy) is 2. The molecule has 30 heavy (non-hydrogen) atoms. The number of carbonyl (C=O) groups is 2. The average molecular weight is 418 g/mol. The van der Waals surface area contributed by atoms with Gasteiger partial charge < -0.3 is 9.47 Å². The van der Waals surface area contributed by atoms with E-state index in [9.17, 15) is 9.59 Å². The van der Waals surface area contributed by atoms with Crippen LogP contribution in [0.2, 0.25) is 0 Å². The lowest BCUT2D eigenvalue weighted by molar-refractivity contribution is -0.156. The van der Waals surface area contributed by atoms with Crippen LogP contribution in [0, 0.1) is 6.92 Å². The number of nitrogens with zero attached hydrogens (tertiary/aromatic N) is 3. The smallest absolute Gasteiger partial charge is 0.411 e. The molecule has 1 aromatic carbocycles. The van der Waals surface area contributed by atoms with Crippen LogP contribution in [0.25, 0.3) is 0 Å². The molecule has 0 bridgehead atoms. The zero-order valence-electron chi connectivity index (χ0n) is 18.7. The summed E-state index contributed by atoms with van der Waals surface area (Å²) in [6.45, 7) is 12.6. The second kappa shape index (κ2) is 9.15. The van der Waals surface area contributed by atoms with E-state index in [1.807, 2.05) is 25.1 Å². The van der Waals surface area contributed by atoms with Crippen LogP contribution >= 0.6 is 0 Å². The molecule has 2 N–H and O–H groups in total. The number of amidine groups is 1. The molecule has 1 aliphatic rings. The molecular weight excluding hydrogens is 386 g/mol. The highest BCUT2D eigenvalue weighted by Gasteiger charge is 2.27. The van der Waals surface area contributed by atoms with Crippen LogP contribution in [-0.4, -0.2) is 46.9 Å². The average Bonchev–Trinajstić information content (AvgIpc) is 2.58. The van der Waals surface area contributed by atoms with E-state index in [2.05, 4.69) is 21.1 Å². The highest BCUT2D eigenvalue weighted by atomic mass is 16.6. The van der Waals surface area contributed by atoms with Gasteiger partial charge in [0.1, 0.15) is 24.1 Å². The van der Waals surface area contributed by atoms with Crippen LogP contribution < -0.4 is 10.9 Å². The Hall–Kier alpha value is -3.10. The van der Waals surface area contributed by atoms with Crippen LogP contribution in [0.15, 0.2) is 28.4 Å². The minimum Gasteiger partial charge on any atom is -0.459 e. The zero-order valence-corrected chi connectivity index (χ0v) is 18.7. The van der Waals surface area contributed by atoms with Gasteiger partial charge in [-0.2, -0.15) is 10.2 Å². The molecule has 0 atom stereocenters. The van der Waals surface area contributed by atoms with Crippen molar-refractivity contribution in [2.75, 3.05) is 6.54 Å². The number of hydrogen-bond donors (Lipinski definition) is 2. The Bertz CT molecular complexity index is 850. The van der Waals surface area contributed by atoms with Crippen LogP contribution in [0.5, 0.6) is 0 Å². The quantitative estimate of drug-likeness (QED) is 0.714. The fourth-order valence-electron chi connectivity index (χ4n) is 2.72. The molecule has 164 valence electrons. The molecule has 1 aromatic rings. The molecule has 1 heterocycles. The van der Waals surface area contributed by atoms with Crippen LogP contribution in [0.4, 0.5) is 4.79 Å². The molecule has 0 aliphatic carbocycles. The van der Waals surface area contributed by atoms with Gasteiger partial charge >= 0.3 is 12.1 Å². The molecule has 0 saturated carbocycles. The minimum absolute atomic E-state index is 0.173. The highest BCUT2D eigenvalue weighted by Crippen LogP contribution is 2.17. The minimum atomic E-state index is -0.689.